The van der Waals surface area contributed by atoms with Crippen LogP contribution in [0.5, 0.6) is 5.75 Å². The molecule has 3 heteroatoms. The molecule has 0 aromatic heterocycles. The van der Waals surface area contributed by atoms with Crippen molar-refractivity contribution in [1.82, 2.24) is 0 Å². The lowest BCUT2D eigenvalue weighted by molar-refractivity contribution is 0.0375. The summed E-state index contributed by atoms with van der Waals surface area (Å²) in [6.07, 6.45) is -0.174. The number of phenolic OH excluding ortho intramolecular Hbond substituents is 1. The highest BCUT2D eigenvalue weighted by Crippen LogP contribution is 2.16. The van der Waals surface area contributed by atoms with Gasteiger partial charge in [0.15, 0.2) is 0 Å². The summed E-state index contributed by atoms with van der Waals surface area (Å²) in [6, 6.07) is 6.31. The number of phenols is 1. The number of benzene rings is 1. The minimum Gasteiger partial charge on any atom is -0.507 e. The molecule has 0 heterocycles. The first-order valence-corrected chi connectivity index (χ1v) is 5.10. The number of aromatic hydroxyl groups is 1. The van der Waals surface area contributed by atoms with Crippen LogP contribution >= 0.6 is 0 Å². The van der Waals surface area contributed by atoms with E-state index in [2.05, 4.69) is 0 Å². The van der Waals surface area contributed by atoms with Gasteiger partial charge in [0.1, 0.15) is 11.3 Å². The second-order valence-electron chi connectivity index (χ2n) is 2.97. The van der Waals surface area contributed by atoms with Gasteiger partial charge in [-0.3, -0.25) is 0 Å². The third-order valence-electron chi connectivity index (χ3n) is 1.47. The average molecular weight is 210 g/mol. The number of hydrogen-bond acceptors (Lipinski definition) is 3. The Morgan fingerprint density at radius 3 is 2.27 bits per heavy atom. The molecule has 15 heavy (non-hydrogen) atoms. The maximum atomic E-state index is 11.3. The minimum atomic E-state index is -0.492. The highest BCUT2D eigenvalue weighted by molar-refractivity contribution is 5.92. The van der Waals surface area contributed by atoms with Crippen LogP contribution in [0.3, 0.4) is 0 Å². The summed E-state index contributed by atoms with van der Waals surface area (Å²) in [5.74, 6) is -0.541. The molecule has 1 rings (SSSR count). The van der Waals surface area contributed by atoms with Gasteiger partial charge < -0.3 is 9.84 Å². The van der Waals surface area contributed by atoms with Gasteiger partial charge in [0.2, 0.25) is 0 Å². The van der Waals surface area contributed by atoms with Crippen molar-refractivity contribution in [3.05, 3.63) is 29.8 Å². The van der Waals surface area contributed by atoms with Crippen LogP contribution in [0.2, 0.25) is 0 Å². The van der Waals surface area contributed by atoms with Gasteiger partial charge in [-0.2, -0.15) is 0 Å². The fourth-order valence-corrected chi connectivity index (χ4v) is 0.924. The molecule has 0 atom stereocenters. The molecular formula is C12H18O3. The largest absolute Gasteiger partial charge is 0.507 e. The van der Waals surface area contributed by atoms with Gasteiger partial charge in [-0.05, 0) is 26.0 Å². The van der Waals surface area contributed by atoms with Gasteiger partial charge in [0, 0.05) is 0 Å². The van der Waals surface area contributed by atoms with Crippen molar-refractivity contribution in [2.24, 2.45) is 0 Å². The molecule has 0 saturated carbocycles. The van der Waals surface area contributed by atoms with Gasteiger partial charge >= 0.3 is 5.97 Å². The Kier molecular flexibility index (Phi) is 6.18. The van der Waals surface area contributed by atoms with Crippen molar-refractivity contribution in [3.8, 4) is 5.75 Å². The average Bonchev–Trinajstić information content (AvgIpc) is 2.20. The Hall–Kier alpha value is -1.51. The molecule has 0 aliphatic carbocycles. The molecule has 0 spiro atoms. The molecule has 1 aromatic rings. The first kappa shape index (κ1) is 13.5. The van der Waals surface area contributed by atoms with Gasteiger partial charge in [0.25, 0.3) is 0 Å². The van der Waals surface area contributed by atoms with Crippen LogP contribution in [0.25, 0.3) is 0 Å². The normalized spacial score (nSPS) is 9.13. The molecule has 0 unspecified atom stereocenters. The molecule has 0 aliphatic heterocycles. The first-order chi connectivity index (χ1) is 7.11. The zero-order valence-corrected chi connectivity index (χ0v) is 9.65. The molecule has 1 aromatic carbocycles. The van der Waals surface area contributed by atoms with E-state index in [4.69, 9.17) is 4.74 Å². The monoisotopic (exact) mass is 210 g/mol. The van der Waals surface area contributed by atoms with Crippen molar-refractivity contribution < 1.29 is 14.6 Å². The van der Waals surface area contributed by atoms with E-state index < -0.39 is 5.97 Å². The number of carbonyl (C=O) groups excluding carboxylic acids is 1. The minimum absolute atomic E-state index is 0.0480. The van der Waals surface area contributed by atoms with Gasteiger partial charge in [0.05, 0.1) is 6.10 Å². The Morgan fingerprint density at radius 1 is 1.27 bits per heavy atom. The summed E-state index contributed by atoms with van der Waals surface area (Å²) >= 11 is 0. The first-order valence-electron chi connectivity index (χ1n) is 5.10. The number of para-hydroxylation sites is 1. The van der Waals surface area contributed by atoms with Crippen LogP contribution in [-0.2, 0) is 4.74 Å². The van der Waals surface area contributed by atoms with E-state index in [1.54, 1.807) is 26.0 Å². The van der Waals surface area contributed by atoms with Crippen LogP contribution in [0, 0.1) is 0 Å². The number of hydrogen-bond donors (Lipinski definition) is 1. The van der Waals surface area contributed by atoms with E-state index in [1.807, 2.05) is 13.8 Å². The Morgan fingerprint density at radius 2 is 1.80 bits per heavy atom. The standard InChI is InChI=1S/C10H12O3.C2H6/c1-7(2)13-10(12)8-5-3-4-6-9(8)11;1-2/h3-7,11H,1-2H3;1-2H3. The predicted octanol–water partition coefficient (Wildman–Crippen LogP) is 2.98. The van der Waals surface area contributed by atoms with E-state index in [1.165, 1.54) is 12.1 Å². The molecule has 0 bridgehead atoms. The summed E-state index contributed by atoms with van der Waals surface area (Å²) in [7, 11) is 0. The Balaban J connectivity index is 0.000000921. The van der Waals surface area contributed by atoms with Crippen molar-refractivity contribution in [2.45, 2.75) is 33.8 Å². The summed E-state index contributed by atoms with van der Waals surface area (Å²) in [6.45, 7) is 7.52. The summed E-state index contributed by atoms with van der Waals surface area (Å²) < 4.78 is 4.92. The molecule has 0 radical (unpaired) electrons. The molecule has 1 N–H and O–H groups in total. The van der Waals surface area contributed by atoms with Crippen molar-refractivity contribution in [2.75, 3.05) is 0 Å². The molecule has 0 fully saturated rings. The third kappa shape index (κ3) is 4.49. The number of carbonyl (C=O) groups is 1. The topological polar surface area (TPSA) is 46.5 Å². The lowest BCUT2D eigenvalue weighted by Crippen LogP contribution is -2.11. The maximum Gasteiger partial charge on any atom is 0.342 e. The third-order valence-corrected chi connectivity index (χ3v) is 1.47. The molecule has 84 valence electrons. The van der Waals surface area contributed by atoms with Crippen LogP contribution in [0.1, 0.15) is 38.1 Å². The van der Waals surface area contributed by atoms with Gasteiger partial charge in [-0.1, -0.05) is 26.0 Å². The number of rotatable bonds is 2. The Bertz CT molecular complexity index is 305. The lowest BCUT2D eigenvalue weighted by atomic mass is 10.2. The predicted molar refractivity (Wildman–Crippen MR) is 60.0 cm³/mol. The molecule has 0 amide bonds. The molecule has 0 saturated heterocycles. The SMILES string of the molecule is CC.CC(C)OC(=O)c1ccccc1O. The van der Waals surface area contributed by atoms with E-state index in [-0.39, 0.29) is 17.4 Å². The highest BCUT2D eigenvalue weighted by atomic mass is 16.5. The van der Waals surface area contributed by atoms with Gasteiger partial charge in [-0.25, -0.2) is 4.79 Å². The fourth-order valence-electron chi connectivity index (χ4n) is 0.924. The Labute approximate surface area is 90.7 Å². The van der Waals surface area contributed by atoms with Gasteiger partial charge in [-0.15, -0.1) is 0 Å². The van der Waals surface area contributed by atoms with Crippen molar-refractivity contribution >= 4 is 5.97 Å². The van der Waals surface area contributed by atoms with Crippen LogP contribution in [0.15, 0.2) is 24.3 Å². The summed E-state index contributed by atoms with van der Waals surface area (Å²) in [4.78, 5) is 11.3. The molecular weight excluding hydrogens is 192 g/mol. The fraction of sp³-hybridized carbons (Fsp3) is 0.417. The highest BCUT2D eigenvalue weighted by Gasteiger charge is 2.12. The number of ether oxygens (including phenoxy) is 1. The number of esters is 1. The second-order valence-corrected chi connectivity index (χ2v) is 2.97. The van der Waals surface area contributed by atoms with E-state index in [9.17, 15) is 9.90 Å². The van der Waals surface area contributed by atoms with E-state index >= 15 is 0 Å². The lowest BCUT2D eigenvalue weighted by Gasteiger charge is -2.08. The second kappa shape index (κ2) is 6.87. The summed E-state index contributed by atoms with van der Waals surface area (Å²) in [5.41, 5.74) is 0.205. The molecule has 3 nitrogen and oxygen atoms in total. The van der Waals surface area contributed by atoms with Crippen LogP contribution < -0.4 is 0 Å². The van der Waals surface area contributed by atoms with E-state index in [0.29, 0.717) is 0 Å². The molecule has 0 aliphatic rings. The van der Waals surface area contributed by atoms with Crippen molar-refractivity contribution in [3.63, 3.8) is 0 Å². The van der Waals surface area contributed by atoms with E-state index in [0.717, 1.165) is 0 Å². The summed E-state index contributed by atoms with van der Waals surface area (Å²) in [5, 5.41) is 9.29. The maximum absolute atomic E-state index is 11.3. The smallest absolute Gasteiger partial charge is 0.342 e. The van der Waals surface area contributed by atoms with Crippen LogP contribution in [-0.4, -0.2) is 17.2 Å². The van der Waals surface area contributed by atoms with Crippen LogP contribution in [0.4, 0.5) is 0 Å². The zero-order valence-electron chi connectivity index (χ0n) is 9.65. The quantitative estimate of drug-likeness (QED) is 0.763. The zero-order chi connectivity index (χ0) is 11.8. The van der Waals surface area contributed by atoms with Crippen molar-refractivity contribution in [1.29, 1.82) is 0 Å².